The third-order valence-electron chi connectivity index (χ3n) is 1.89. The maximum atomic E-state index is 12.8. The predicted octanol–water partition coefficient (Wildman–Crippen LogP) is 1.28. The van der Waals surface area contributed by atoms with Gasteiger partial charge >= 0.3 is 12.1 Å². The molecule has 1 atom stereocenters. The van der Waals surface area contributed by atoms with Crippen LogP contribution in [0, 0.1) is 5.92 Å². The van der Waals surface area contributed by atoms with E-state index in [9.17, 15) is 26.7 Å². The number of nitrogens with two attached hydrogens (primary N) is 1. The molecular weight excluding hydrogens is 235 g/mol. The van der Waals surface area contributed by atoms with Gasteiger partial charge in [0, 0.05) is 12.5 Å². The van der Waals surface area contributed by atoms with Crippen molar-refractivity contribution >= 4 is 5.91 Å². The van der Waals surface area contributed by atoms with Crippen LogP contribution in [-0.2, 0) is 4.79 Å². The van der Waals surface area contributed by atoms with Gasteiger partial charge in [0.05, 0.1) is 0 Å². The van der Waals surface area contributed by atoms with E-state index >= 15 is 0 Å². The maximum Gasteiger partial charge on any atom is 0.455 e. The van der Waals surface area contributed by atoms with E-state index in [2.05, 4.69) is 0 Å². The molecule has 0 aliphatic heterocycles. The fourth-order valence-corrected chi connectivity index (χ4v) is 0.834. The lowest BCUT2D eigenvalue weighted by molar-refractivity contribution is -0.291. The van der Waals surface area contributed by atoms with Crippen LogP contribution in [0.5, 0.6) is 0 Å². The van der Waals surface area contributed by atoms with Gasteiger partial charge in [-0.25, -0.2) is 0 Å². The van der Waals surface area contributed by atoms with Gasteiger partial charge in [0.1, 0.15) is 6.04 Å². The number of nitrogens with one attached hydrogen (secondary N) is 1. The minimum Gasteiger partial charge on any atom is -0.345 e. The van der Waals surface area contributed by atoms with Crippen LogP contribution in [0.15, 0.2) is 0 Å². The summed E-state index contributed by atoms with van der Waals surface area (Å²) in [5.74, 6) is -6.63. The third-order valence-corrected chi connectivity index (χ3v) is 1.89. The van der Waals surface area contributed by atoms with Gasteiger partial charge in [0.25, 0.3) is 0 Å². The maximum absolute atomic E-state index is 12.8. The molecule has 3 N–H and O–H groups in total. The second kappa shape index (κ2) is 4.94. The molecule has 8 heteroatoms. The summed E-state index contributed by atoms with van der Waals surface area (Å²) in [6, 6.07) is -2.44. The molecule has 0 rings (SSSR count). The lowest BCUT2D eigenvalue weighted by atomic mass is 10.1. The number of hydrogen-bond donors (Lipinski definition) is 2. The molecule has 16 heavy (non-hydrogen) atoms. The van der Waals surface area contributed by atoms with Crippen molar-refractivity contribution in [3.8, 4) is 0 Å². The van der Waals surface area contributed by atoms with Crippen molar-refractivity contribution in [2.24, 2.45) is 11.7 Å². The van der Waals surface area contributed by atoms with Crippen LogP contribution in [0.1, 0.15) is 13.8 Å². The van der Waals surface area contributed by atoms with E-state index in [1.54, 1.807) is 5.32 Å². The van der Waals surface area contributed by atoms with Gasteiger partial charge in [-0.2, -0.15) is 22.0 Å². The van der Waals surface area contributed by atoms with Crippen molar-refractivity contribution in [1.82, 2.24) is 5.32 Å². The Morgan fingerprint density at radius 1 is 1.25 bits per heavy atom. The van der Waals surface area contributed by atoms with E-state index in [-0.39, 0.29) is 0 Å². The largest absolute Gasteiger partial charge is 0.455 e. The Labute approximate surface area is 89.2 Å². The van der Waals surface area contributed by atoms with Crippen LogP contribution in [-0.4, -0.2) is 30.6 Å². The van der Waals surface area contributed by atoms with E-state index in [1.165, 1.54) is 13.8 Å². The van der Waals surface area contributed by atoms with Crippen molar-refractivity contribution in [1.29, 1.82) is 0 Å². The first-order valence-corrected chi connectivity index (χ1v) is 4.49. The summed E-state index contributed by atoms with van der Waals surface area (Å²) in [4.78, 5) is 11.0. The number of carbonyl (C=O) groups is 1. The Bertz CT molecular complexity index is 251. The van der Waals surface area contributed by atoms with Crippen molar-refractivity contribution in [3.05, 3.63) is 0 Å². The van der Waals surface area contributed by atoms with Crippen LogP contribution in [0.3, 0.4) is 0 Å². The summed E-state index contributed by atoms with van der Waals surface area (Å²) in [5.41, 5.74) is 4.81. The van der Waals surface area contributed by atoms with Crippen molar-refractivity contribution in [2.45, 2.75) is 32.0 Å². The fourth-order valence-electron chi connectivity index (χ4n) is 0.834. The molecule has 0 spiro atoms. The van der Waals surface area contributed by atoms with Gasteiger partial charge in [0.15, 0.2) is 0 Å². The van der Waals surface area contributed by atoms with Crippen LogP contribution < -0.4 is 11.1 Å². The van der Waals surface area contributed by atoms with Gasteiger partial charge in [-0.15, -0.1) is 0 Å². The highest BCUT2D eigenvalue weighted by Gasteiger charge is 2.62. The molecule has 1 amide bonds. The lowest BCUT2D eigenvalue weighted by Gasteiger charge is -2.28. The van der Waals surface area contributed by atoms with E-state index in [1.807, 2.05) is 0 Å². The summed E-state index contributed by atoms with van der Waals surface area (Å²) >= 11 is 0. The van der Waals surface area contributed by atoms with E-state index in [0.717, 1.165) is 0 Å². The highest BCUT2D eigenvalue weighted by molar-refractivity contribution is 5.78. The topological polar surface area (TPSA) is 55.1 Å². The predicted molar refractivity (Wildman–Crippen MR) is 46.8 cm³/mol. The highest BCUT2D eigenvalue weighted by atomic mass is 19.4. The normalized spacial score (nSPS) is 15.1. The molecule has 0 saturated carbocycles. The monoisotopic (exact) mass is 248 g/mol. The smallest absolute Gasteiger partial charge is 0.345 e. The number of carbonyl (C=O) groups excluding carboxylic acids is 1. The molecule has 3 nitrogen and oxygen atoms in total. The minimum absolute atomic E-state index is 0.696. The first kappa shape index (κ1) is 15.1. The molecule has 0 aromatic rings. The van der Waals surface area contributed by atoms with Gasteiger partial charge in [0.2, 0.25) is 5.91 Å². The quantitative estimate of drug-likeness (QED) is 0.736. The number of halogens is 5. The second-order valence-corrected chi connectivity index (χ2v) is 3.57. The van der Waals surface area contributed by atoms with E-state index in [4.69, 9.17) is 5.73 Å². The Morgan fingerprint density at radius 3 is 1.94 bits per heavy atom. The van der Waals surface area contributed by atoms with Crippen molar-refractivity contribution in [2.75, 3.05) is 6.54 Å². The number of rotatable bonds is 4. The zero-order chi connectivity index (χ0) is 13.1. The molecule has 0 heterocycles. The van der Waals surface area contributed by atoms with Gasteiger partial charge in [-0.3, -0.25) is 4.79 Å². The summed E-state index contributed by atoms with van der Waals surface area (Å²) in [7, 11) is 0. The van der Waals surface area contributed by atoms with Gasteiger partial charge in [-0.05, 0) is 0 Å². The summed E-state index contributed by atoms with van der Waals surface area (Å²) < 4.78 is 61.5. The molecule has 0 aliphatic rings. The van der Waals surface area contributed by atoms with Crippen molar-refractivity contribution < 1.29 is 26.7 Å². The average Bonchev–Trinajstić information content (AvgIpc) is 2.11. The van der Waals surface area contributed by atoms with Crippen molar-refractivity contribution in [3.63, 3.8) is 0 Å². The number of hydrogen-bond acceptors (Lipinski definition) is 2. The van der Waals surface area contributed by atoms with Crippen LogP contribution in [0.25, 0.3) is 0 Å². The second-order valence-electron chi connectivity index (χ2n) is 3.57. The Balaban J connectivity index is 4.81. The Kier molecular flexibility index (Phi) is 4.66. The molecule has 0 saturated heterocycles. The minimum atomic E-state index is -5.73. The fraction of sp³-hybridized carbons (Fsp3) is 0.875. The Morgan fingerprint density at radius 2 is 1.69 bits per heavy atom. The van der Waals surface area contributed by atoms with Crippen LogP contribution in [0.4, 0.5) is 22.0 Å². The van der Waals surface area contributed by atoms with Gasteiger partial charge < -0.3 is 11.1 Å². The van der Waals surface area contributed by atoms with E-state index in [0.29, 0.717) is 0 Å². The molecule has 96 valence electrons. The number of amides is 1. The lowest BCUT2D eigenvalue weighted by Crippen LogP contribution is -2.59. The Hall–Kier alpha value is -0.920. The molecular formula is C8H13F5N2O. The molecule has 0 aliphatic carbocycles. The first-order valence-electron chi connectivity index (χ1n) is 4.49. The first-order chi connectivity index (χ1) is 7.04. The molecule has 0 radical (unpaired) electrons. The molecule has 0 fully saturated rings. The number of alkyl halides is 5. The average molecular weight is 248 g/mol. The molecule has 0 aromatic heterocycles. The van der Waals surface area contributed by atoms with Crippen LogP contribution in [0.2, 0.25) is 0 Å². The molecule has 1 unspecified atom stereocenters. The highest BCUT2D eigenvalue weighted by Crippen LogP contribution is 2.37. The van der Waals surface area contributed by atoms with Gasteiger partial charge in [-0.1, -0.05) is 13.8 Å². The van der Waals surface area contributed by atoms with Crippen LogP contribution >= 0.6 is 0 Å². The summed E-state index contributed by atoms with van der Waals surface area (Å²) in [6.07, 6.45) is -5.73. The SMILES string of the molecule is CC(C)C(=O)NC(CN)C(F)(F)C(F)(F)F. The molecule has 0 aromatic carbocycles. The van der Waals surface area contributed by atoms with E-state index < -0.39 is 36.5 Å². The summed E-state index contributed by atoms with van der Waals surface area (Å²) in [5, 5.41) is 1.58. The zero-order valence-electron chi connectivity index (χ0n) is 8.74. The standard InChI is InChI=1S/C8H13F5N2O/c1-4(2)6(16)15-5(3-14)7(9,10)8(11,12)13/h4-5H,3,14H2,1-2H3,(H,15,16). The zero-order valence-corrected chi connectivity index (χ0v) is 8.74. The third kappa shape index (κ3) is 3.29. The summed E-state index contributed by atoms with van der Waals surface area (Å²) in [6.45, 7) is 1.74. The molecule has 0 bridgehead atoms.